The predicted octanol–water partition coefficient (Wildman–Crippen LogP) is 4.82. The fraction of sp³-hybridized carbons (Fsp3) is 0.400. The average Bonchev–Trinajstić information content (AvgIpc) is 2.78. The first-order valence-electron chi connectivity index (χ1n) is 11.1. The van der Waals surface area contributed by atoms with Crippen LogP contribution in [-0.2, 0) is 6.54 Å². The van der Waals surface area contributed by atoms with Crippen LogP contribution < -0.4 is 9.47 Å². The minimum atomic E-state index is -0.486. The van der Waals surface area contributed by atoms with Crippen LogP contribution in [0.4, 0.5) is 17.1 Å². The van der Waals surface area contributed by atoms with Crippen molar-refractivity contribution in [1.29, 1.82) is 0 Å². The molecular formula is C25H33N4O2S+. The monoisotopic (exact) mass is 453 g/mol. The normalized spacial score (nSPS) is 13.5. The average molecular weight is 454 g/mol. The first-order valence-corrected chi connectivity index (χ1v) is 11.8. The summed E-state index contributed by atoms with van der Waals surface area (Å²) >= 11 is 4.30. The van der Waals surface area contributed by atoms with E-state index >= 15 is 0 Å². The zero-order chi connectivity index (χ0) is 22.9. The number of fused-ring (bicyclic) bond motifs is 1. The van der Waals surface area contributed by atoms with Crippen molar-refractivity contribution in [2.24, 2.45) is 10.2 Å². The lowest BCUT2D eigenvalue weighted by Gasteiger charge is -2.27. The number of thiol groups is 1. The zero-order valence-electron chi connectivity index (χ0n) is 18.8. The Morgan fingerprint density at radius 1 is 0.906 bits per heavy atom. The minimum Gasteiger partial charge on any atom is -0.392 e. The van der Waals surface area contributed by atoms with Crippen LogP contribution in [0, 0.1) is 0 Å². The highest BCUT2D eigenvalue weighted by atomic mass is 32.1. The smallest absolute Gasteiger partial charge is 0.214 e. The van der Waals surface area contributed by atoms with Crippen molar-refractivity contribution in [1.82, 2.24) is 0 Å². The van der Waals surface area contributed by atoms with Crippen LogP contribution in [0.2, 0.25) is 0 Å². The van der Waals surface area contributed by atoms with Crippen molar-refractivity contribution in [2.45, 2.75) is 45.4 Å². The number of para-hydroxylation sites is 1. The molecule has 32 heavy (non-hydrogen) atoms. The molecule has 0 aliphatic heterocycles. The summed E-state index contributed by atoms with van der Waals surface area (Å²) in [6.07, 6.45) is 3.28. The van der Waals surface area contributed by atoms with Gasteiger partial charge in [-0.15, -0.1) is 5.11 Å². The van der Waals surface area contributed by atoms with Gasteiger partial charge in [0.15, 0.2) is 6.20 Å². The summed E-state index contributed by atoms with van der Waals surface area (Å²) in [6, 6.07) is 17.9. The number of hydrogen-bond acceptors (Lipinski definition) is 6. The zero-order valence-corrected chi connectivity index (χ0v) is 19.7. The van der Waals surface area contributed by atoms with Crippen LogP contribution in [-0.4, -0.2) is 41.3 Å². The molecule has 2 aromatic carbocycles. The van der Waals surface area contributed by atoms with E-state index in [9.17, 15) is 10.2 Å². The van der Waals surface area contributed by atoms with Gasteiger partial charge in [0, 0.05) is 37.3 Å². The second kappa shape index (κ2) is 11.9. The molecule has 170 valence electrons. The van der Waals surface area contributed by atoms with Crippen molar-refractivity contribution < 1.29 is 14.8 Å². The number of nitrogens with zero attached hydrogens (tertiary/aromatic N) is 4. The van der Waals surface area contributed by atoms with Crippen LogP contribution in [0.15, 0.2) is 71.0 Å². The Hall–Kier alpha value is -2.48. The molecule has 0 bridgehead atoms. The lowest BCUT2D eigenvalue weighted by Crippen LogP contribution is -2.36. The number of rotatable bonds is 11. The van der Waals surface area contributed by atoms with Gasteiger partial charge in [-0.1, -0.05) is 12.1 Å². The number of hydrogen-bond donors (Lipinski definition) is 3. The Morgan fingerprint density at radius 3 is 2.25 bits per heavy atom. The Bertz CT molecular complexity index is 1010. The second-order valence-corrected chi connectivity index (χ2v) is 8.61. The highest BCUT2D eigenvalue weighted by molar-refractivity contribution is 7.80. The van der Waals surface area contributed by atoms with Crippen molar-refractivity contribution in [3.05, 3.63) is 60.8 Å². The number of aryl methyl sites for hydroxylation is 1. The molecule has 0 spiro atoms. The van der Waals surface area contributed by atoms with E-state index in [4.69, 9.17) is 0 Å². The first-order chi connectivity index (χ1) is 15.5. The maximum atomic E-state index is 9.77. The number of aliphatic hydroxyl groups is 2. The van der Waals surface area contributed by atoms with Gasteiger partial charge >= 0.3 is 0 Å². The Kier molecular flexibility index (Phi) is 9.02. The molecule has 0 amide bonds. The predicted molar refractivity (Wildman–Crippen MR) is 133 cm³/mol. The van der Waals surface area contributed by atoms with Crippen LogP contribution in [0.5, 0.6) is 0 Å². The van der Waals surface area contributed by atoms with Crippen molar-refractivity contribution in [3.63, 3.8) is 0 Å². The number of azo groups is 1. The molecule has 1 aromatic heterocycles. The van der Waals surface area contributed by atoms with Crippen LogP contribution >= 0.6 is 12.6 Å². The maximum absolute atomic E-state index is 9.77. The molecule has 3 aromatic rings. The van der Waals surface area contributed by atoms with Gasteiger partial charge in [-0.3, -0.25) is 0 Å². The molecule has 3 rings (SSSR count). The highest BCUT2D eigenvalue weighted by Gasteiger charge is 2.13. The van der Waals surface area contributed by atoms with E-state index in [1.807, 2.05) is 47.4 Å². The van der Waals surface area contributed by atoms with Gasteiger partial charge in [0.25, 0.3) is 0 Å². The van der Waals surface area contributed by atoms with Gasteiger partial charge in [0.2, 0.25) is 5.52 Å². The van der Waals surface area contributed by atoms with E-state index in [1.54, 1.807) is 13.8 Å². The minimum absolute atomic E-state index is 0.454. The lowest BCUT2D eigenvalue weighted by molar-refractivity contribution is -0.671. The summed E-state index contributed by atoms with van der Waals surface area (Å²) in [6.45, 7) is 5.35. The lowest BCUT2D eigenvalue weighted by atomic mass is 10.2. The van der Waals surface area contributed by atoms with Gasteiger partial charge < -0.3 is 15.1 Å². The summed E-state index contributed by atoms with van der Waals surface area (Å²) in [7, 11) is 0. The SMILES string of the molecule is CC(O)CN(CC(C)O)c1ccc(/N=N/c2cc[n+](CCCCS)c3ccccc23)cc1. The highest BCUT2D eigenvalue weighted by Crippen LogP contribution is 2.27. The molecule has 0 fully saturated rings. The van der Waals surface area contributed by atoms with Crippen LogP contribution in [0.3, 0.4) is 0 Å². The number of unbranched alkanes of at least 4 members (excludes halogenated alkanes) is 1. The van der Waals surface area contributed by atoms with Gasteiger partial charge in [-0.2, -0.15) is 22.3 Å². The van der Waals surface area contributed by atoms with E-state index in [2.05, 4.69) is 45.8 Å². The molecule has 1 heterocycles. The van der Waals surface area contributed by atoms with Gasteiger partial charge in [0.05, 0.1) is 23.3 Å². The Morgan fingerprint density at radius 2 is 1.59 bits per heavy atom. The van der Waals surface area contributed by atoms with Crippen LogP contribution in [0.25, 0.3) is 10.9 Å². The summed E-state index contributed by atoms with van der Waals surface area (Å²) in [5.41, 5.74) is 3.65. The molecule has 6 nitrogen and oxygen atoms in total. The molecule has 2 N–H and O–H groups in total. The second-order valence-electron chi connectivity index (χ2n) is 8.16. The van der Waals surface area contributed by atoms with Gasteiger partial charge in [0.1, 0.15) is 12.2 Å². The number of aromatic nitrogens is 1. The Balaban J connectivity index is 1.79. The molecule has 7 heteroatoms. The van der Waals surface area contributed by atoms with E-state index in [0.717, 1.165) is 53.1 Å². The third-order valence-electron chi connectivity index (χ3n) is 5.17. The quantitative estimate of drug-likeness (QED) is 0.169. The summed E-state index contributed by atoms with van der Waals surface area (Å²) in [4.78, 5) is 1.97. The number of benzene rings is 2. The summed E-state index contributed by atoms with van der Waals surface area (Å²) < 4.78 is 2.26. The first kappa shape index (κ1) is 24.2. The van der Waals surface area contributed by atoms with Crippen LogP contribution in [0.1, 0.15) is 26.7 Å². The topological polar surface area (TPSA) is 72.3 Å². The Labute approximate surface area is 195 Å². The molecule has 2 atom stereocenters. The third-order valence-corrected chi connectivity index (χ3v) is 5.48. The molecule has 0 aliphatic rings. The number of pyridine rings is 1. The standard InChI is InChI=1S/C25H32N4O2S/c1-19(30)17-29(18-20(2)31)22-11-9-21(10-12-22)26-27-24-13-15-28(14-5-6-16-32)25-8-4-3-7-23(24)25/h3-4,7-13,15,19-20,30-31H,5-6,14,16-18H2,1-2H3/p+1. The molecule has 0 aliphatic carbocycles. The summed E-state index contributed by atoms with van der Waals surface area (Å²) in [5.74, 6) is 0.902. The van der Waals surface area contributed by atoms with Crippen molar-refractivity contribution >= 4 is 40.6 Å². The number of aliphatic hydroxyl groups excluding tert-OH is 2. The molecule has 2 unspecified atom stereocenters. The largest absolute Gasteiger partial charge is 0.392 e. The summed E-state index contributed by atoms with van der Waals surface area (Å²) in [5, 5.41) is 29.6. The molecule has 0 saturated carbocycles. The fourth-order valence-corrected chi connectivity index (χ4v) is 3.94. The van der Waals surface area contributed by atoms with Gasteiger partial charge in [-0.25, -0.2) is 0 Å². The van der Waals surface area contributed by atoms with E-state index < -0.39 is 12.2 Å². The molecule has 0 saturated heterocycles. The molecular weight excluding hydrogens is 420 g/mol. The number of anilines is 1. The van der Waals surface area contributed by atoms with Crippen molar-refractivity contribution in [2.75, 3.05) is 23.7 Å². The maximum Gasteiger partial charge on any atom is 0.214 e. The van der Waals surface area contributed by atoms with E-state index in [-0.39, 0.29) is 0 Å². The third kappa shape index (κ3) is 6.76. The van der Waals surface area contributed by atoms with Gasteiger partial charge in [-0.05, 0) is 56.4 Å². The fourth-order valence-electron chi connectivity index (χ4n) is 3.71. The van der Waals surface area contributed by atoms with E-state index in [1.165, 1.54) is 0 Å². The van der Waals surface area contributed by atoms with E-state index in [0.29, 0.717) is 13.1 Å². The molecule has 0 radical (unpaired) electrons. The van der Waals surface area contributed by atoms with Crippen molar-refractivity contribution in [3.8, 4) is 0 Å².